The number of urea groups is 1. The van der Waals surface area contributed by atoms with Crippen molar-refractivity contribution < 1.29 is 27.5 Å². The summed E-state index contributed by atoms with van der Waals surface area (Å²) in [5.74, 6) is -0.907. The normalized spacial score (nSPS) is 10.9. The Hall–Kier alpha value is -2.46. The van der Waals surface area contributed by atoms with E-state index in [1.165, 1.54) is 6.07 Å². The minimum absolute atomic E-state index is 0.133. The molecule has 0 bridgehead atoms. The first kappa shape index (κ1) is 20.8. The van der Waals surface area contributed by atoms with Crippen LogP contribution in [0.3, 0.4) is 0 Å². The molecular weight excluding hydrogens is 455 g/mol. The summed E-state index contributed by atoms with van der Waals surface area (Å²) in [5, 5.41) is 2.68. The van der Waals surface area contributed by atoms with Crippen molar-refractivity contribution in [1.29, 1.82) is 0 Å². The van der Waals surface area contributed by atoms with E-state index in [0.717, 1.165) is 22.7 Å². The maximum Gasteiger partial charge on any atom is 0.416 e. The van der Waals surface area contributed by atoms with E-state index in [9.17, 15) is 22.8 Å². The number of halogens is 5. The van der Waals surface area contributed by atoms with Gasteiger partial charge in [-0.15, -0.1) is 0 Å². The fourth-order valence-corrected chi connectivity index (χ4v) is 2.54. The second kappa shape index (κ2) is 8.96. The molecule has 3 N–H and O–H groups in total. The molecule has 0 unspecified atom stereocenters. The van der Waals surface area contributed by atoms with E-state index in [1.54, 1.807) is 18.2 Å². The van der Waals surface area contributed by atoms with E-state index < -0.39 is 30.3 Å². The van der Waals surface area contributed by atoms with Crippen LogP contribution in [0.15, 0.2) is 46.9 Å². The molecular formula is C16H12BrClF3N3O3. The number of ether oxygens (including phenoxy) is 1. The van der Waals surface area contributed by atoms with Gasteiger partial charge in [-0.25, -0.2) is 10.2 Å². The largest absolute Gasteiger partial charge is 0.484 e. The minimum atomic E-state index is -4.52. The van der Waals surface area contributed by atoms with Crippen molar-refractivity contribution in [2.75, 3.05) is 11.9 Å². The standard InChI is InChI=1S/C16H12BrClF3N3O3/c17-10-4-5-13(12(18)7-10)22-15(26)24-23-14(25)8-27-11-3-1-2-9(6-11)16(19,20)21/h1-7H,8H2,(H,23,25)(H2,22,24,26). The summed E-state index contributed by atoms with van der Waals surface area (Å²) in [5.41, 5.74) is 3.53. The molecule has 0 fully saturated rings. The van der Waals surface area contributed by atoms with Crippen molar-refractivity contribution >= 4 is 45.2 Å². The van der Waals surface area contributed by atoms with Crippen LogP contribution in [-0.4, -0.2) is 18.5 Å². The highest BCUT2D eigenvalue weighted by molar-refractivity contribution is 9.10. The number of hydrazine groups is 1. The average Bonchev–Trinajstić information content (AvgIpc) is 2.60. The van der Waals surface area contributed by atoms with E-state index in [2.05, 4.69) is 26.7 Å². The van der Waals surface area contributed by atoms with Gasteiger partial charge in [-0.05, 0) is 36.4 Å². The number of hydrogen-bond acceptors (Lipinski definition) is 3. The molecule has 0 heterocycles. The Balaban J connectivity index is 1.80. The Morgan fingerprint density at radius 3 is 2.52 bits per heavy atom. The minimum Gasteiger partial charge on any atom is -0.484 e. The molecule has 0 saturated heterocycles. The Morgan fingerprint density at radius 1 is 1.11 bits per heavy atom. The third-order valence-corrected chi connectivity index (χ3v) is 3.83. The highest BCUT2D eigenvalue weighted by Gasteiger charge is 2.30. The first-order valence-electron chi connectivity index (χ1n) is 7.26. The van der Waals surface area contributed by atoms with E-state index in [1.807, 2.05) is 5.43 Å². The number of benzene rings is 2. The van der Waals surface area contributed by atoms with Crippen molar-refractivity contribution in [3.8, 4) is 5.75 Å². The number of carbonyl (C=O) groups excluding carboxylic acids is 2. The fraction of sp³-hybridized carbons (Fsp3) is 0.125. The van der Waals surface area contributed by atoms with Gasteiger partial charge in [-0.1, -0.05) is 33.6 Å². The van der Waals surface area contributed by atoms with Crippen LogP contribution >= 0.6 is 27.5 Å². The molecule has 11 heteroatoms. The first-order valence-corrected chi connectivity index (χ1v) is 8.43. The molecule has 6 nitrogen and oxygen atoms in total. The fourth-order valence-electron chi connectivity index (χ4n) is 1.82. The molecule has 27 heavy (non-hydrogen) atoms. The van der Waals surface area contributed by atoms with Crippen LogP contribution in [0.5, 0.6) is 5.75 Å². The number of nitrogens with one attached hydrogen (secondary N) is 3. The number of amides is 3. The highest BCUT2D eigenvalue weighted by atomic mass is 79.9. The molecule has 144 valence electrons. The quantitative estimate of drug-likeness (QED) is 0.586. The lowest BCUT2D eigenvalue weighted by atomic mass is 10.2. The SMILES string of the molecule is O=C(COc1cccc(C(F)(F)F)c1)NNC(=O)Nc1ccc(Br)cc1Cl. The van der Waals surface area contributed by atoms with Crippen LogP contribution < -0.4 is 20.9 Å². The second-order valence-corrected chi connectivity index (χ2v) is 6.39. The van der Waals surface area contributed by atoms with Crippen LogP contribution in [0.1, 0.15) is 5.56 Å². The van der Waals surface area contributed by atoms with Gasteiger partial charge >= 0.3 is 12.2 Å². The van der Waals surface area contributed by atoms with Gasteiger partial charge in [0.15, 0.2) is 6.61 Å². The van der Waals surface area contributed by atoms with Crippen molar-refractivity contribution in [3.05, 3.63) is 57.5 Å². The van der Waals surface area contributed by atoms with Crippen molar-refractivity contribution in [1.82, 2.24) is 10.9 Å². The molecule has 0 aliphatic carbocycles. The molecule has 2 aromatic carbocycles. The van der Waals surface area contributed by atoms with E-state index in [4.69, 9.17) is 16.3 Å². The zero-order valence-corrected chi connectivity index (χ0v) is 15.7. The van der Waals surface area contributed by atoms with Crippen molar-refractivity contribution in [2.24, 2.45) is 0 Å². The van der Waals surface area contributed by atoms with Crippen LogP contribution in [-0.2, 0) is 11.0 Å². The number of alkyl halides is 3. The predicted molar refractivity (Wildman–Crippen MR) is 96.4 cm³/mol. The van der Waals surface area contributed by atoms with E-state index in [-0.39, 0.29) is 10.8 Å². The van der Waals surface area contributed by atoms with E-state index in [0.29, 0.717) is 5.69 Å². The molecule has 0 aliphatic rings. The average molecular weight is 467 g/mol. The molecule has 0 aliphatic heterocycles. The molecule has 0 radical (unpaired) electrons. The van der Waals surface area contributed by atoms with Gasteiger partial charge in [0.1, 0.15) is 5.75 Å². The van der Waals surface area contributed by atoms with Gasteiger partial charge in [0.2, 0.25) is 0 Å². The number of carbonyl (C=O) groups is 2. The summed E-state index contributed by atoms with van der Waals surface area (Å²) in [6.45, 7) is -0.597. The molecule has 2 rings (SSSR count). The molecule has 0 spiro atoms. The second-order valence-electron chi connectivity index (χ2n) is 5.07. The number of hydrogen-bond donors (Lipinski definition) is 3. The van der Waals surface area contributed by atoms with Gasteiger partial charge in [0.05, 0.1) is 16.3 Å². The summed E-state index contributed by atoms with van der Waals surface area (Å²) in [6.07, 6.45) is -4.52. The lowest BCUT2D eigenvalue weighted by Crippen LogP contribution is -2.45. The maximum atomic E-state index is 12.6. The third-order valence-electron chi connectivity index (χ3n) is 3.03. The van der Waals surface area contributed by atoms with E-state index >= 15 is 0 Å². The number of rotatable bonds is 4. The Morgan fingerprint density at radius 2 is 1.85 bits per heavy atom. The monoisotopic (exact) mass is 465 g/mol. The lowest BCUT2D eigenvalue weighted by Gasteiger charge is -2.12. The van der Waals surface area contributed by atoms with Gasteiger partial charge in [-0.3, -0.25) is 10.2 Å². The van der Waals surface area contributed by atoms with Gasteiger partial charge in [-0.2, -0.15) is 13.2 Å². The maximum absolute atomic E-state index is 12.6. The first-order chi connectivity index (χ1) is 12.6. The topological polar surface area (TPSA) is 79.5 Å². The van der Waals surface area contributed by atoms with Gasteiger partial charge in [0, 0.05) is 4.47 Å². The Labute approximate surface area is 165 Å². The molecule has 0 atom stereocenters. The lowest BCUT2D eigenvalue weighted by molar-refractivity contribution is -0.137. The summed E-state index contributed by atoms with van der Waals surface area (Å²) in [7, 11) is 0. The summed E-state index contributed by atoms with van der Waals surface area (Å²) >= 11 is 9.16. The van der Waals surface area contributed by atoms with Gasteiger partial charge in [0.25, 0.3) is 5.91 Å². The van der Waals surface area contributed by atoms with Crippen LogP contribution in [0.25, 0.3) is 0 Å². The third kappa shape index (κ3) is 6.65. The Kier molecular flexibility index (Phi) is 6.92. The molecule has 0 saturated carbocycles. The highest BCUT2D eigenvalue weighted by Crippen LogP contribution is 2.31. The zero-order valence-electron chi connectivity index (χ0n) is 13.4. The summed E-state index contributed by atoms with van der Waals surface area (Å²) in [4.78, 5) is 23.3. The predicted octanol–water partition coefficient (Wildman–Crippen LogP) is 4.35. The zero-order chi connectivity index (χ0) is 20.0. The van der Waals surface area contributed by atoms with Crippen LogP contribution in [0.2, 0.25) is 5.02 Å². The summed E-state index contributed by atoms with van der Waals surface area (Å²) < 4.78 is 43.5. The van der Waals surface area contributed by atoms with Gasteiger partial charge < -0.3 is 10.1 Å². The van der Waals surface area contributed by atoms with Crippen LogP contribution in [0, 0.1) is 0 Å². The molecule has 3 amide bonds. The van der Waals surface area contributed by atoms with Crippen LogP contribution in [0.4, 0.5) is 23.7 Å². The Bertz CT molecular complexity index is 849. The van der Waals surface area contributed by atoms with Crippen molar-refractivity contribution in [2.45, 2.75) is 6.18 Å². The smallest absolute Gasteiger partial charge is 0.416 e. The number of anilines is 1. The molecule has 2 aromatic rings. The summed E-state index contributed by atoms with van der Waals surface area (Å²) in [6, 6.07) is 8.08. The molecule has 0 aromatic heterocycles. The van der Waals surface area contributed by atoms with Crippen molar-refractivity contribution in [3.63, 3.8) is 0 Å².